The molecular formula is C20H18O2Si. The Morgan fingerprint density at radius 1 is 0.913 bits per heavy atom. The maximum atomic E-state index is 11.8. The van der Waals surface area contributed by atoms with E-state index in [0.717, 1.165) is 17.5 Å². The van der Waals surface area contributed by atoms with Gasteiger partial charge in [-0.2, -0.15) is 0 Å². The number of rotatable bonds is 3. The van der Waals surface area contributed by atoms with E-state index in [1.54, 1.807) is 0 Å². The summed E-state index contributed by atoms with van der Waals surface area (Å²) in [5.41, 5.74) is 7.94. The number of carbonyl (C=O) groups is 1. The fourth-order valence-corrected chi connectivity index (χ4v) is 3.00. The topological polar surface area (TPSA) is 26.3 Å². The first-order valence-corrected chi connectivity index (χ1v) is 9.23. The van der Waals surface area contributed by atoms with Gasteiger partial charge in [0.05, 0.1) is 0 Å². The molecule has 0 fully saturated rings. The van der Waals surface area contributed by atoms with E-state index in [4.69, 9.17) is 4.43 Å². The number of hydrogen-bond donors (Lipinski definition) is 0. The van der Waals surface area contributed by atoms with Crippen molar-refractivity contribution in [2.45, 2.75) is 19.8 Å². The molecule has 23 heavy (non-hydrogen) atoms. The highest BCUT2D eigenvalue weighted by atomic mass is 28.3. The van der Waals surface area contributed by atoms with E-state index >= 15 is 0 Å². The molecule has 2 nitrogen and oxygen atoms in total. The van der Waals surface area contributed by atoms with Gasteiger partial charge in [0, 0.05) is 17.5 Å². The van der Waals surface area contributed by atoms with Crippen LogP contribution in [0.5, 0.6) is 0 Å². The van der Waals surface area contributed by atoms with Crippen LogP contribution in [0.4, 0.5) is 0 Å². The SMILES string of the molecule is CCCC(=O)O[SiH](C#Cc1ccccc1)C#Cc1ccccc1. The third-order valence-electron chi connectivity index (χ3n) is 2.95. The molecule has 0 bridgehead atoms. The van der Waals surface area contributed by atoms with E-state index < -0.39 is 9.04 Å². The van der Waals surface area contributed by atoms with E-state index in [9.17, 15) is 4.79 Å². The van der Waals surface area contributed by atoms with Gasteiger partial charge in [-0.3, -0.25) is 4.79 Å². The quantitative estimate of drug-likeness (QED) is 0.641. The molecule has 2 aromatic rings. The lowest BCUT2D eigenvalue weighted by Gasteiger charge is -2.04. The second kappa shape index (κ2) is 9.30. The van der Waals surface area contributed by atoms with Gasteiger partial charge < -0.3 is 4.43 Å². The Bertz CT molecular complexity index is 689. The van der Waals surface area contributed by atoms with Crippen LogP contribution in [-0.4, -0.2) is 15.0 Å². The second-order valence-electron chi connectivity index (χ2n) is 4.89. The van der Waals surface area contributed by atoms with Crippen LogP contribution in [-0.2, 0) is 9.22 Å². The molecule has 0 aliphatic heterocycles. The third-order valence-corrected chi connectivity index (χ3v) is 4.26. The zero-order valence-corrected chi connectivity index (χ0v) is 14.2. The van der Waals surface area contributed by atoms with Gasteiger partial charge in [0.2, 0.25) is 0 Å². The largest absolute Gasteiger partial charge is 0.498 e. The molecule has 0 saturated carbocycles. The van der Waals surface area contributed by atoms with Crippen LogP contribution >= 0.6 is 0 Å². The van der Waals surface area contributed by atoms with Crippen molar-refractivity contribution in [2.24, 2.45) is 0 Å². The van der Waals surface area contributed by atoms with Crippen LogP contribution in [0.1, 0.15) is 30.9 Å². The van der Waals surface area contributed by atoms with Crippen molar-refractivity contribution in [1.82, 2.24) is 0 Å². The van der Waals surface area contributed by atoms with Crippen molar-refractivity contribution in [1.29, 1.82) is 0 Å². The average Bonchev–Trinajstić information content (AvgIpc) is 2.59. The molecule has 0 aliphatic rings. The minimum absolute atomic E-state index is 0.214. The summed E-state index contributed by atoms with van der Waals surface area (Å²) in [6.45, 7) is 1.95. The summed E-state index contributed by atoms with van der Waals surface area (Å²) in [6.07, 6.45) is 1.17. The zero-order valence-electron chi connectivity index (χ0n) is 13.1. The van der Waals surface area contributed by atoms with Crippen molar-refractivity contribution >= 4 is 15.0 Å². The van der Waals surface area contributed by atoms with Crippen LogP contribution in [0.2, 0.25) is 0 Å². The van der Waals surface area contributed by atoms with Gasteiger partial charge in [-0.25, -0.2) is 0 Å². The zero-order chi connectivity index (χ0) is 16.3. The maximum absolute atomic E-state index is 11.8. The van der Waals surface area contributed by atoms with Crippen LogP contribution in [0, 0.1) is 22.9 Å². The minimum atomic E-state index is -2.23. The number of hydrogen-bond acceptors (Lipinski definition) is 2. The first-order valence-electron chi connectivity index (χ1n) is 7.60. The fourth-order valence-electron chi connectivity index (χ4n) is 1.83. The lowest BCUT2D eigenvalue weighted by molar-refractivity contribution is -0.134. The highest BCUT2D eigenvalue weighted by Gasteiger charge is 2.11. The van der Waals surface area contributed by atoms with Gasteiger partial charge in [-0.05, 0) is 30.7 Å². The molecule has 114 valence electrons. The van der Waals surface area contributed by atoms with Crippen LogP contribution < -0.4 is 0 Å². The molecule has 0 spiro atoms. The molecule has 2 rings (SSSR count). The Balaban J connectivity index is 2.17. The predicted molar refractivity (Wildman–Crippen MR) is 94.8 cm³/mol. The predicted octanol–water partition coefficient (Wildman–Crippen LogP) is 3.24. The van der Waals surface area contributed by atoms with E-state index in [1.807, 2.05) is 67.6 Å². The molecule has 0 heterocycles. The number of benzene rings is 2. The lowest BCUT2D eigenvalue weighted by atomic mass is 10.2. The summed E-state index contributed by atoms with van der Waals surface area (Å²) in [6, 6.07) is 19.3. The standard InChI is InChI=1S/C20H18O2Si/c1-2-9-20(21)22-23(16-14-18-10-5-3-6-11-18)17-15-19-12-7-4-8-13-19/h3-8,10-13,23H,2,9H2,1H3. The highest BCUT2D eigenvalue weighted by Crippen LogP contribution is 1.99. The highest BCUT2D eigenvalue weighted by molar-refractivity contribution is 6.71. The molecule has 3 heteroatoms. The van der Waals surface area contributed by atoms with Crippen molar-refractivity contribution in [3.63, 3.8) is 0 Å². The van der Waals surface area contributed by atoms with Gasteiger partial charge in [0.1, 0.15) is 0 Å². The monoisotopic (exact) mass is 318 g/mol. The third kappa shape index (κ3) is 6.26. The molecule has 0 unspecified atom stereocenters. The summed E-state index contributed by atoms with van der Waals surface area (Å²) in [5.74, 6) is 5.91. The van der Waals surface area contributed by atoms with E-state index in [2.05, 4.69) is 22.9 Å². The van der Waals surface area contributed by atoms with E-state index in [-0.39, 0.29) is 5.97 Å². The first kappa shape index (κ1) is 16.6. The summed E-state index contributed by atoms with van der Waals surface area (Å²) in [4.78, 5) is 11.8. The summed E-state index contributed by atoms with van der Waals surface area (Å²) >= 11 is 0. The Labute approximate surface area is 139 Å². The molecule has 2 aromatic carbocycles. The molecule has 0 saturated heterocycles. The molecular weight excluding hydrogens is 300 g/mol. The molecule has 0 radical (unpaired) electrons. The first-order chi connectivity index (χ1) is 11.3. The summed E-state index contributed by atoms with van der Waals surface area (Å²) in [7, 11) is -2.23. The van der Waals surface area contributed by atoms with Gasteiger partial charge in [0.25, 0.3) is 5.97 Å². The summed E-state index contributed by atoms with van der Waals surface area (Å²) in [5, 5.41) is 0. The number of carbonyl (C=O) groups excluding carboxylic acids is 1. The van der Waals surface area contributed by atoms with Gasteiger partial charge >= 0.3 is 9.04 Å². The Morgan fingerprint density at radius 3 is 1.83 bits per heavy atom. The fraction of sp³-hybridized carbons (Fsp3) is 0.150. The lowest BCUT2D eigenvalue weighted by Crippen LogP contribution is -2.19. The summed E-state index contributed by atoms with van der Waals surface area (Å²) < 4.78 is 5.49. The normalized spacial score (nSPS) is 9.30. The Morgan fingerprint density at radius 2 is 1.39 bits per heavy atom. The van der Waals surface area contributed by atoms with Gasteiger partial charge in [0.15, 0.2) is 0 Å². The van der Waals surface area contributed by atoms with Crippen molar-refractivity contribution in [2.75, 3.05) is 0 Å². The Hall–Kier alpha value is -2.75. The van der Waals surface area contributed by atoms with Gasteiger partial charge in [-0.1, -0.05) is 66.3 Å². The second-order valence-corrected chi connectivity index (χ2v) is 6.46. The average molecular weight is 318 g/mol. The van der Waals surface area contributed by atoms with E-state index in [1.165, 1.54) is 0 Å². The van der Waals surface area contributed by atoms with Crippen molar-refractivity contribution < 1.29 is 9.22 Å². The van der Waals surface area contributed by atoms with Crippen molar-refractivity contribution in [3.8, 4) is 22.9 Å². The minimum Gasteiger partial charge on any atom is -0.498 e. The molecule has 0 atom stereocenters. The van der Waals surface area contributed by atoms with Gasteiger partial charge in [-0.15, -0.1) is 0 Å². The van der Waals surface area contributed by atoms with Crippen LogP contribution in [0.3, 0.4) is 0 Å². The Kier molecular flexibility index (Phi) is 6.72. The van der Waals surface area contributed by atoms with Crippen molar-refractivity contribution in [3.05, 3.63) is 71.8 Å². The molecule has 0 aromatic heterocycles. The smallest absolute Gasteiger partial charge is 0.399 e. The van der Waals surface area contributed by atoms with Crippen LogP contribution in [0.25, 0.3) is 0 Å². The molecule has 0 amide bonds. The molecule has 0 N–H and O–H groups in total. The van der Waals surface area contributed by atoms with E-state index in [0.29, 0.717) is 6.42 Å². The molecule has 0 aliphatic carbocycles. The van der Waals surface area contributed by atoms with Crippen LogP contribution in [0.15, 0.2) is 60.7 Å². The maximum Gasteiger partial charge on any atom is 0.399 e.